The smallest absolute Gasteiger partial charge is 0.191 e. The Morgan fingerprint density at radius 2 is 1.96 bits per heavy atom. The number of rotatable bonds is 8. The number of nitrogens with one attached hydrogen (secondary N) is 2. The summed E-state index contributed by atoms with van der Waals surface area (Å²) in [5.41, 5.74) is -0.158. The number of guanidine groups is 1. The van der Waals surface area contributed by atoms with Crippen LogP contribution in [0.5, 0.6) is 0 Å². The van der Waals surface area contributed by atoms with E-state index in [1.54, 1.807) is 0 Å². The normalized spacial score (nSPS) is 26.5. The van der Waals surface area contributed by atoms with Gasteiger partial charge in [0.05, 0.1) is 5.75 Å². The highest BCUT2D eigenvalue weighted by Crippen LogP contribution is 2.46. The zero-order chi connectivity index (χ0) is 18.5. The van der Waals surface area contributed by atoms with Gasteiger partial charge in [-0.2, -0.15) is 0 Å². The average molecular weight is 520 g/mol. The summed E-state index contributed by atoms with van der Waals surface area (Å²) in [6.07, 6.45) is 7.29. The van der Waals surface area contributed by atoms with Crippen LogP contribution in [0.1, 0.15) is 52.4 Å². The molecule has 2 N–H and O–H groups in total. The molecule has 3 atom stereocenters. The maximum absolute atomic E-state index is 12.1. The van der Waals surface area contributed by atoms with Gasteiger partial charge in [0.25, 0.3) is 0 Å². The van der Waals surface area contributed by atoms with E-state index in [4.69, 9.17) is 0 Å². The molecule has 0 bridgehead atoms. The Morgan fingerprint density at radius 3 is 2.50 bits per heavy atom. The van der Waals surface area contributed by atoms with Gasteiger partial charge < -0.3 is 10.6 Å². The molecule has 2 aliphatic rings. The lowest BCUT2D eigenvalue weighted by atomic mass is 9.95. The van der Waals surface area contributed by atoms with E-state index in [0.717, 1.165) is 56.8 Å². The Hall–Kier alpha value is 0.1000. The lowest BCUT2D eigenvalue weighted by Crippen LogP contribution is -2.47. The van der Waals surface area contributed by atoms with Crippen molar-refractivity contribution < 1.29 is 12.6 Å². The first-order chi connectivity index (χ1) is 11.8. The fraction of sp³-hybridized carbons (Fsp3) is 0.941. The first-order valence-corrected chi connectivity index (χ1v) is 12.8. The van der Waals surface area contributed by atoms with Crippen LogP contribution in [-0.2, 0) is 20.6 Å². The molecule has 9 heteroatoms. The third-order valence-electron chi connectivity index (χ3n) is 5.07. The van der Waals surface area contributed by atoms with Crippen LogP contribution in [-0.4, -0.2) is 60.7 Å². The van der Waals surface area contributed by atoms with Crippen molar-refractivity contribution in [2.45, 2.75) is 63.7 Å². The highest BCUT2D eigenvalue weighted by molar-refractivity contribution is 14.0. The number of hydrogen-bond acceptors (Lipinski definition) is 4. The van der Waals surface area contributed by atoms with Crippen LogP contribution in [0.2, 0.25) is 0 Å². The van der Waals surface area contributed by atoms with E-state index in [0.29, 0.717) is 6.54 Å². The van der Waals surface area contributed by atoms with Gasteiger partial charge in [-0.25, -0.2) is 8.42 Å². The molecule has 2 rings (SSSR count). The lowest BCUT2D eigenvalue weighted by molar-refractivity contribution is 0.413. The van der Waals surface area contributed by atoms with E-state index in [2.05, 4.69) is 15.6 Å². The number of nitrogens with zero attached hydrogens (tertiary/aromatic N) is 1. The second kappa shape index (κ2) is 10.6. The number of sulfone groups is 1. The summed E-state index contributed by atoms with van der Waals surface area (Å²) in [4.78, 5) is 4.67. The second-order valence-electron chi connectivity index (χ2n) is 7.56. The van der Waals surface area contributed by atoms with Crippen molar-refractivity contribution in [1.29, 1.82) is 0 Å². The summed E-state index contributed by atoms with van der Waals surface area (Å²) >= 11 is 0. The van der Waals surface area contributed by atoms with Crippen molar-refractivity contribution in [3.05, 3.63) is 0 Å². The summed E-state index contributed by atoms with van der Waals surface area (Å²) < 4.78 is 35.3. The van der Waals surface area contributed by atoms with Gasteiger partial charge in [-0.1, -0.05) is 13.3 Å². The van der Waals surface area contributed by atoms with Gasteiger partial charge in [-0.15, -0.1) is 24.0 Å². The van der Waals surface area contributed by atoms with Gasteiger partial charge in [-0.05, 0) is 39.0 Å². The molecule has 2 fully saturated rings. The summed E-state index contributed by atoms with van der Waals surface area (Å²) in [5, 5.41) is 7.03. The van der Waals surface area contributed by atoms with Gasteiger partial charge in [0.2, 0.25) is 0 Å². The van der Waals surface area contributed by atoms with Crippen LogP contribution >= 0.6 is 24.0 Å². The fourth-order valence-electron chi connectivity index (χ4n) is 3.59. The van der Waals surface area contributed by atoms with Crippen LogP contribution in [0.4, 0.5) is 0 Å². The molecule has 0 saturated heterocycles. The standard InChI is InChI=1S/C17H33N3O3S2.HI/c1-4-18-16(19-12-17(9-10-17)13-25(3,22)23)20-14-7-6-8-15(11-14)24(21)5-2;/h14-15H,4-13H2,1-3H3,(H2,18,19,20);1H. The maximum atomic E-state index is 12.1. The third kappa shape index (κ3) is 8.00. The molecule has 3 unspecified atom stereocenters. The van der Waals surface area contributed by atoms with E-state index in [-0.39, 0.29) is 46.4 Å². The Bertz CT molecular complexity index is 606. The van der Waals surface area contributed by atoms with Crippen LogP contribution in [0.3, 0.4) is 0 Å². The average Bonchev–Trinajstić information content (AvgIpc) is 3.30. The monoisotopic (exact) mass is 519 g/mol. The van der Waals surface area contributed by atoms with Gasteiger partial charge in [0.15, 0.2) is 5.96 Å². The molecule has 0 amide bonds. The third-order valence-corrected chi connectivity index (χ3v) is 7.94. The summed E-state index contributed by atoms with van der Waals surface area (Å²) in [7, 11) is -3.71. The molecule has 2 saturated carbocycles. The molecular weight excluding hydrogens is 485 g/mol. The molecule has 0 heterocycles. The molecule has 0 spiro atoms. The summed E-state index contributed by atoms with van der Waals surface area (Å²) in [6.45, 7) is 5.32. The molecule has 0 radical (unpaired) electrons. The quantitative estimate of drug-likeness (QED) is 0.291. The van der Waals surface area contributed by atoms with Crippen molar-refractivity contribution >= 4 is 50.6 Å². The Labute approximate surface area is 178 Å². The molecule has 154 valence electrons. The van der Waals surface area contributed by atoms with Crippen LogP contribution in [0, 0.1) is 5.41 Å². The maximum Gasteiger partial charge on any atom is 0.191 e. The highest BCUT2D eigenvalue weighted by Gasteiger charge is 2.45. The zero-order valence-corrected chi connectivity index (χ0v) is 20.1. The van der Waals surface area contributed by atoms with E-state index in [9.17, 15) is 12.6 Å². The zero-order valence-electron chi connectivity index (χ0n) is 16.1. The second-order valence-corrected chi connectivity index (χ2v) is 11.7. The van der Waals surface area contributed by atoms with E-state index < -0.39 is 20.6 Å². The Morgan fingerprint density at radius 1 is 1.27 bits per heavy atom. The highest BCUT2D eigenvalue weighted by atomic mass is 127. The summed E-state index contributed by atoms with van der Waals surface area (Å²) in [5.74, 6) is 1.71. The van der Waals surface area contributed by atoms with Crippen LogP contribution < -0.4 is 10.6 Å². The molecule has 6 nitrogen and oxygen atoms in total. The van der Waals surface area contributed by atoms with Crippen molar-refractivity contribution in [2.75, 3.05) is 30.9 Å². The molecule has 2 aliphatic carbocycles. The van der Waals surface area contributed by atoms with Crippen molar-refractivity contribution in [2.24, 2.45) is 10.4 Å². The van der Waals surface area contributed by atoms with Gasteiger partial charge in [0, 0.05) is 52.6 Å². The van der Waals surface area contributed by atoms with Crippen LogP contribution in [0.15, 0.2) is 4.99 Å². The van der Waals surface area contributed by atoms with Gasteiger partial charge in [0.1, 0.15) is 9.84 Å². The minimum absolute atomic E-state index is 0. The largest absolute Gasteiger partial charge is 0.357 e. The predicted molar refractivity (Wildman–Crippen MR) is 121 cm³/mol. The van der Waals surface area contributed by atoms with E-state index in [1.807, 2.05) is 13.8 Å². The number of aliphatic imine (C=N–C) groups is 1. The van der Waals surface area contributed by atoms with E-state index in [1.165, 1.54) is 6.26 Å². The fourth-order valence-corrected chi connectivity index (χ4v) is 6.43. The SMILES string of the molecule is CCNC(=NCC1(CS(C)(=O)=O)CC1)NC1CCCC(S(=O)CC)C1.I. The molecule has 0 aromatic heterocycles. The van der Waals surface area contributed by atoms with Gasteiger partial charge in [-0.3, -0.25) is 9.20 Å². The predicted octanol–water partition coefficient (Wildman–Crippen LogP) is 2.06. The van der Waals surface area contributed by atoms with Crippen LogP contribution in [0.25, 0.3) is 0 Å². The first kappa shape index (κ1) is 24.1. The molecule has 0 aromatic rings. The molecule has 26 heavy (non-hydrogen) atoms. The van der Waals surface area contributed by atoms with Crippen molar-refractivity contribution in [3.63, 3.8) is 0 Å². The van der Waals surface area contributed by atoms with Crippen molar-refractivity contribution in [3.8, 4) is 0 Å². The lowest BCUT2D eigenvalue weighted by Gasteiger charge is -2.30. The Kier molecular flexibility index (Phi) is 9.83. The minimum Gasteiger partial charge on any atom is -0.357 e. The molecular formula is C17H34IN3O3S2. The van der Waals surface area contributed by atoms with Crippen molar-refractivity contribution in [1.82, 2.24) is 10.6 Å². The summed E-state index contributed by atoms with van der Waals surface area (Å²) in [6, 6.07) is 0.289. The number of halogens is 1. The number of hydrogen-bond donors (Lipinski definition) is 2. The topological polar surface area (TPSA) is 87.6 Å². The van der Waals surface area contributed by atoms with Gasteiger partial charge >= 0.3 is 0 Å². The first-order valence-electron chi connectivity index (χ1n) is 9.36. The molecule has 0 aromatic carbocycles. The minimum atomic E-state index is -2.97. The molecule has 0 aliphatic heterocycles. The Balaban J connectivity index is 0.00000338. The van der Waals surface area contributed by atoms with E-state index >= 15 is 0 Å².